The van der Waals surface area contributed by atoms with Crippen molar-refractivity contribution in [2.75, 3.05) is 23.3 Å². The monoisotopic (exact) mass is 349 g/mol. The van der Waals surface area contributed by atoms with Gasteiger partial charge in [-0.2, -0.15) is 0 Å². The van der Waals surface area contributed by atoms with Gasteiger partial charge in [0.1, 0.15) is 6.04 Å². The number of carbonyl (C=O) groups excluding carboxylic acids is 1. The first-order valence-electron chi connectivity index (χ1n) is 9.68. The van der Waals surface area contributed by atoms with Gasteiger partial charge in [-0.25, -0.2) is 0 Å². The van der Waals surface area contributed by atoms with E-state index in [2.05, 4.69) is 40.7 Å². The normalized spacial score (nSPS) is 17.8. The van der Waals surface area contributed by atoms with Crippen molar-refractivity contribution in [1.82, 2.24) is 5.32 Å². The highest BCUT2D eigenvalue weighted by Crippen LogP contribution is 2.29. The van der Waals surface area contributed by atoms with Crippen molar-refractivity contribution in [3.05, 3.63) is 59.7 Å². The number of nitrogens with one attached hydrogen (secondary N) is 2. The molecule has 2 N–H and O–H groups in total. The second kappa shape index (κ2) is 7.40. The van der Waals surface area contributed by atoms with E-state index in [1.165, 1.54) is 24.1 Å². The third-order valence-corrected chi connectivity index (χ3v) is 5.27. The molecule has 2 aliphatic rings. The average molecular weight is 349 g/mol. The van der Waals surface area contributed by atoms with Crippen LogP contribution in [0.15, 0.2) is 48.5 Å². The second-order valence-electron chi connectivity index (χ2n) is 7.47. The molecule has 0 bridgehead atoms. The molecule has 1 aliphatic heterocycles. The molecule has 1 heterocycles. The first-order valence-corrected chi connectivity index (χ1v) is 9.68. The summed E-state index contributed by atoms with van der Waals surface area (Å²) in [6, 6.07) is 16.4. The van der Waals surface area contributed by atoms with Gasteiger partial charge in [-0.1, -0.05) is 30.3 Å². The molecular formula is C22H27N3O. The van der Waals surface area contributed by atoms with Gasteiger partial charge in [0.2, 0.25) is 5.91 Å². The summed E-state index contributed by atoms with van der Waals surface area (Å²) < 4.78 is 0. The van der Waals surface area contributed by atoms with E-state index in [4.69, 9.17) is 0 Å². The van der Waals surface area contributed by atoms with Crippen molar-refractivity contribution in [3.8, 4) is 0 Å². The molecule has 4 heteroatoms. The van der Waals surface area contributed by atoms with E-state index in [9.17, 15) is 4.79 Å². The van der Waals surface area contributed by atoms with E-state index in [0.29, 0.717) is 6.04 Å². The molecule has 0 aromatic heterocycles. The average Bonchev–Trinajstić information content (AvgIpc) is 3.30. The highest BCUT2D eigenvalue weighted by Gasteiger charge is 2.28. The highest BCUT2D eigenvalue weighted by atomic mass is 16.2. The van der Waals surface area contributed by atoms with E-state index in [1.807, 2.05) is 30.3 Å². The third-order valence-electron chi connectivity index (χ3n) is 5.27. The molecule has 1 aliphatic carbocycles. The molecule has 4 nitrogen and oxygen atoms in total. The molecule has 4 rings (SSSR count). The fourth-order valence-corrected chi connectivity index (χ4v) is 3.68. The van der Waals surface area contributed by atoms with E-state index < -0.39 is 0 Å². The van der Waals surface area contributed by atoms with Crippen LogP contribution in [0, 0.1) is 6.92 Å². The Morgan fingerprint density at radius 3 is 2.46 bits per heavy atom. The van der Waals surface area contributed by atoms with Crippen LogP contribution in [0.4, 0.5) is 11.4 Å². The maximum atomic E-state index is 12.8. The standard InChI is InChI=1S/C22H27N3O/c1-16-15-19(11-12-20(16)25-13-5-6-14-25)23-21(17-7-3-2-4-8-17)22(26)24-18-9-10-18/h2-4,7-8,11-12,15,18,21,23H,5-6,9-10,13-14H2,1H3,(H,24,26). The SMILES string of the molecule is Cc1cc(NC(C(=O)NC2CC2)c2ccccc2)ccc1N1CCCC1. The Hall–Kier alpha value is -2.49. The fraction of sp³-hybridized carbons (Fsp3) is 0.409. The molecule has 136 valence electrons. The molecule has 2 aromatic rings. The number of benzene rings is 2. The predicted octanol–water partition coefficient (Wildman–Crippen LogP) is 4.03. The van der Waals surface area contributed by atoms with Crippen LogP contribution in [-0.2, 0) is 4.79 Å². The van der Waals surface area contributed by atoms with Crippen molar-refractivity contribution in [1.29, 1.82) is 0 Å². The van der Waals surface area contributed by atoms with Gasteiger partial charge >= 0.3 is 0 Å². The van der Waals surface area contributed by atoms with Crippen LogP contribution in [0.1, 0.15) is 42.9 Å². The lowest BCUT2D eigenvalue weighted by Crippen LogP contribution is -2.34. The van der Waals surface area contributed by atoms with Gasteiger partial charge in [-0.3, -0.25) is 4.79 Å². The maximum absolute atomic E-state index is 12.8. The first-order chi connectivity index (χ1) is 12.7. The number of carbonyl (C=O) groups is 1. The number of rotatable bonds is 6. The number of hydrogen-bond donors (Lipinski definition) is 2. The van der Waals surface area contributed by atoms with Crippen LogP contribution in [0.2, 0.25) is 0 Å². The number of hydrogen-bond acceptors (Lipinski definition) is 3. The third kappa shape index (κ3) is 3.85. The van der Waals surface area contributed by atoms with E-state index in [-0.39, 0.29) is 11.9 Å². The van der Waals surface area contributed by atoms with Gasteiger partial charge in [0.05, 0.1) is 0 Å². The number of anilines is 2. The Morgan fingerprint density at radius 1 is 1.08 bits per heavy atom. The lowest BCUT2D eigenvalue weighted by atomic mass is 10.0. The summed E-state index contributed by atoms with van der Waals surface area (Å²) in [5, 5.41) is 6.59. The van der Waals surface area contributed by atoms with Gasteiger partial charge in [-0.15, -0.1) is 0 Å². The molecule has 2 aromatic carbocycles. The molecular weight excluding hydrogens is 322 g/mol. The van der Waals surface area contributed by atoms with Crippen LogP contribution >= 0.6 is 0 Å². The molecule has 2 fully saturated rings. The summed E-state index contributed by atoms with van der Waals surface area (Å²) in [5.41, 5.74) is 4.55. The Kier molecular flexibility index (Phi) is 4.83. The topological polar surface area (TPSA) is 44.4 Å². The zero-order valence-electron chi connectivity index (χ0n) is 15.4. The smallest absolute Gasteiger partial charge is 0.247 e. The van der Waals surface area contributed by atoms with E-state index in [1.54, 1.807) is 0 Å². The van der Waals surface area contributed by atoms with Crippen LogP contribution in [0.5, 0.6) is 0 Å². The Balaban J connectivity index is 1.54. The largest absolute Gasteiger partial charge is 0.371 e. The van der Waals surface area contributed by atoms with Gasteiger partial charge in [0.15, 0.2) is 0 Å². The Labute approximate surface area is 155 Å². The minimum absolute atomic E-state index is 0.0555. The number of amides is 1. The zero-order chi connectivity index (χ0) is 17.9. The fourth-order valence-electron chi connectivity index (χ4n) is 3.68. The molecule has 1 unspecified atom stereocenters. The van der Waals surface area contributed by atoms with E-state index >= 15 is 0 Å². The molecule has 1 amide bonds. The molecule has 0 spiro atoms. The quantitative estimate of drug-likeness (QED) is 0.828. The number of nitrogens with zero attached hydrogens (tertiary/aromatic N) is 1. The minimum Gasteiger partial charge on any atom is -0.371 e. The lowest BCUT2D eigenvalue weighted by molar-refractivity contribution is -0.122. The first kappa shape index (κ1) is 17.0. The van der Waals surface area contributed by atoms with E-state index in [0.717, 1.165) is 37.2 Å². The van der Waals surface area contributed by atoms with Crippen LogP contribution < -0.4 is 15.5 Å². The summed E-state index contributed by atoms with van der Waals surface area (Å²) in [5.74, 6) is 0.0555. The maximum Gasteiger partial charge on any atom is 0.247 e. The molecule has 1 atom stereocenters. The Bertz CT molecular complexity index is 764. The van der Waals surface area contributed by atoms with Gasteiger partial charge in [0, 0.05) is 30.5 Å². The molecule has 1 saturated heterocycles. The molecule has 0 radical (unpaired) electrons. The van der Waals surface area contributed by atoms with Crippen LogP contribution in [0.25, 0.3) is 0 Å². The summed E-state index contributed by atoms with van der Waals surface area (Å²) in [6.07, 6.45) is 4.74. The van der Waals surface area contributed by atoms with Crippen LogP contribution in [0.3, 0.4) is 0 Å². The minimum atomic E-state index is -0.367. The van der Waals surface area contributed by atoms with Gasteiger partial charge in [-0.05, 0) is 61.9 Å². The predicted molar refractivity (Wildman–Crippen MR) is 107 cm³/mol. The zero-order valence-corrected chi connectivity index (χ0v) is 15.4. The van der Waals surface area contributed by atoms with Crippen molar-refractivity contribution < 1.29 is 4.79 Å². The summed E-state index contributed by atoms with van der Waals surface area (Å²) >= 11 is 0. The van der Waals surface area contributed by atoms with Crippen LogP contribution in [-0.4, -0.2) is 25.0 Å². The van der Waals surface area contributed by atoms with Crippen molar-refractivity contribution in [2.24, 2.45) is 0 Å². The lowest BCUT2D eigenvalue weighted by Gasteiger charge is -2.23. The summed E-state index contributed by atoms with van der Waals surface area (Å²) in [6.45, 7) is 4.44. The highest BCUT2D eigenvalue weighted by molar-refractivity contribution is 5.86. The van der Waals surface area contributed by atoms with Crippen molar-refractivity contribution >= 4 is 17.3 Å². The van der Waals surface area contributed by atoms with Gasteiger partial charge < -0.3 is 15.5 Å². The van der Waals surface area contributed by atoms with Crippen molar-refractivity contribution in [2.45, 2.75) is 44.7 Å². The number of aryl methyl sites for hydroxylation is 1. The molecule has 1 saturated carbocycles. The summed E-state index contributed by atoms with van der Waals surface area (Å²) in [4.78, 5) is 15.2. The second-order valence-corrected chi connectivity index (χ2v) is 7.47. The summed E-state index contributed by atoms with van der Waals surface area (Å²) in [7, 11) is 0. The van der Waals surface area contributed by atoms with Gasteiger partial charge in [0.25, 0.3) is 0 Å². The van der Waals surface area contributed by atoms with Crippen molar-refractivity contribution in [3.63, 3.8) is 0 Å². The molecule has 26 heavy (non-hydrogen) atoms. The Morgan fingerprint density at radius 2 is 1.81 bits per heavy atom.